The highest BCUT2D eigenvalue weighted by atomic mass is 16.5. The largest absolute Gasteiger partial charge is 0.480 e. The fraction of sp³-hybridized carbons (Fsp3) is 0.500. The molecule has 5 heteroatoms. The number of hydrogen-bond donors (Lipinski definition) is 1. The van der Waals surface area contributed by atoms with Crippen molar-refractivity contribution in [2.24, 2.45) is 0 Å². The number of carboxylic acids is 1. The number of carbonyl (C=O) groups is 2. The first-order chi connectivity index (χ1) is 9.92. The van der Waals surface area contributed by atoms with Crippen LogP contribution in [0.3, 0.4) is 0 Å². The first-order valence-electron chi connectivity index (χ1n) is 7.08. The molecule has 1 N–H and O–H groups in total. The molecule has 0 aromatic heterocycles. The molecule has 0 aliphatic carbocycles. The maximum absolute atomic E-state index is 12.7. The zero-order valence-corrected chi connectivity index (χ0v) is 12.6. The summed E-state index contributed by atoms with van der Waals surface area (Å²) >= 11 is 0. The number of methoxy groups -OCH3 is 1. The second-order valence-corrected chi connectivity index (χ2v) is 5.55. The van der Waals surface area contributed by atoms with Gasteiger partial charge in [-0.2, -0.15) is 0 Å². The highest BCUT2D eigenvalue weighted by molar-refractivity contribution is 5.89. The number of amides is 1. The van der Waals surface area contributed by atoms with Crippen molar-refractivity contribution < 1.29 is 19.4 Å². The molecular weight excluding hydrogens is 270 g/mol. The molecule has 0 spiro atoms. The number of fused-ring (bicyclic) bond motifs is 1. The van der Waals surface area contributed by atoms with Gasteiger partial charge in [0.15, 0.2) is 0 Å². The van der Waals surface area contributed by atoms with Crippen molar-refractivity contribution in [1.82, 2.24) is 4.90 Å². The van der Waals surface area contributed by atoms with Crippen LogP contribution in [0, 0.1) is 0 Å². The molecule has 114 valence electrons. The van der Waals surface area contributed by atoms with E-state index < -0.39 is 17.6 Å². The maximum Gasteiger partial charge on any atom is 0.326 e. The molecule has 0 saturated carbocycles. The molecule has 1 aromatic carbocycles. The van der Waals surface area contributed by atoms with Crippen LogP contribution in [0.5, 0.6) is 0 Å². The lowest BCUT2D eigenvalue weighted by Crippen LogP contribution is -2.56. The van der Waals surface area contributed by atoms with E-state index in [4.69, 9.17) is 4.74 Å². The minimum Gasteiger partial charge on any atom is -0.480 e. The Balaban J connectivity index is 2.37. The van der Waals surface area contributed by atoms with Crippen LogP contribution in [0.2, 0.25) is 0 Å². The van der Waals surface area contributed by atoms with E-state index in [1.807, 2.05) is 31.2 Å². The lowest BCUT2D eigenvalue weighted by molar-refractivity contribution is -0.164. The molecule has 1 aromatic rings. The molecule has 2 unspecified atom stereocenters. The number of ether oxygens (including phenoxy) is 1. The number of aliphatic carboxylic acids is 1. The third-order valence-corrected chi connectivity index (χ3v) is 4.37. The highest BCUT2D eigenvalue weighted by Gasteiger charge is 2.42. The molecule has 1 aliphatic heterocycles. The van der Waals surface area contributed by atoms with Crippen LogP contribution in [0.15, 0.2) is 24.3 Å². The van der Waals surface area contributed by atoms with E-state index in [0.29, 0.717) is 19.4 Å². The van der Waals surface area contributed by atoms with E-state index in [2.05, 4.69) is 0 Å². The SMILES string of the molecule is CCC(C)(OC)C(=O)N1Cc2ccccc2CC1C(=O)O. The molecule has 1 amide bonds. The van der Waals surface area contributed by atoms with Gasteiger partial charge in [0.1, 0.15) is 11.6 Å². The molecular formula is C16H21NO4. The summed E-state index contributed by atoms with van der Waals surface area (Å²) < 4.78 is 5.33. The van der Waals surface area contributed by atoms with Crippen molar-refractivity contribution in [1.29, 1.82) is 0 Å². The van der Waals surface area contributed by atoms with Crippen LogP contribution in [0.4, 0.5) is 0 Å². The fourth-order valence-electron chi connectivity index (χ4n) is 2.64. The molecule has 0 radical (unpaired) electrons. The van der Waals surface area contributed by atoms with Gasteiger partial charge in [0.2, 0.25) is 0 Å². The second-order valence-electron chi connectivity index (χ2n) is 5.55. The number of hydrogen-bond acceptors (Lipinski definition) is 3. The van der Waals surface area contributed by atoms with E-state index in [-0.39, 0.29) is 5.91 Å². The summed E-state index contributed by atoms with van der Waals surface area (Å²) in [5.74, 6) is -1.25. The summed E-state index contributed by atoms with van der Waals surface area (Å²) in [5.41, 5.74) is 1.00. The van der Waals surface area contributed by atoms with Crippen molar-refractivity contribution in [3.63, 3.8) is 0 Å². The van der Waals surface area contributed by atoms with Gasteiger partial charge in [0.25, 0.3) is 5.91 Å². The normalized spacial score (nSPS) is 20.5. The third kappa shape index (κ3) is 2.78. The van der Waals surface area contributed by atoms with Crippen LogP contribution in [0.25, 0.3) is 0 Å². The Bertz CT molecular complexity index is 551. The van der Waals surface area contributed by atoms with Gasteiger partial charge in [0, 0.05) is 20.1 Å². The van der Waals surface area contributed by atoms with Crippen molar-refractivity contribution in [2.45, 2.75) is 44.9 Å². The van der Waals surface area contributed by atoms with Crippen LogP contribution in [-0.4, -0.2) is 40.6 Å². The van der Waals surface area contributed by atoms with E-state index in [0.717, 1.165) is 11.1 Å². The van der Waals surface area contributed by atoms with Crippen molar-refractivity contribution in [3.8, 4) is 0 Å². The van der Waals surface area contributed by atoms with Crippen molar-refractivity contribution in [3.05, 3.63) is 35.4 Å². The van der Waals surface area contributed by atoms with Gasteiger partial charge >= 0.3 is 5.97 Å². The number of carbonyl (C=O) groups excluding carboxylic acids is 1. The van der Waals surface area contributed by atoms with Crippen LogP contribution < -0.4 is 0 Å². The van der Waals surface area contributed by atoms with Crippen molar-refractivity contribution in [2.75, 3.05) is 7.11 Å². The van der Waals surface area contributed by atoms with Gasteiger partial charge in [-0.15, -0.1) is 0 Å². The monoisotopic (exact) mass is 291 g/mol. The molecule has 1 aliphatic rings. The number of nitrogens with zero attached hydrogens (tertiary/aromatic N) is 1. The van der Waals surface area contributed by atoms with Gasteiger partial charge in [0.05, 0.1) is 0 Å². The molecule has 0 bridgehead atoms. The third-order valence-electron chi connectivity index (χ3n) is 4.37. The average molecular weight is 291 g/mol. The molecule has 1 heterocycles. The number of benzene rings is 1. The standard InChI is InChI=1S/C16H21NO4/c1-4-16(2,21-3)15(20)17-10-12-8-6-5-7-11(12)9-13(17)14(18)19/h5-8,13H,4,9-10H2,1-3H3,(H,18,19). The number of rotatable bonds is 4. The van der Waals surface area contributed by atoms with Gasteiger partial charge in [-0.3, -0.25) is 4.79 Å². The van der Waals surface area contributed by atoms with E-state index in [1.165, 1.54) is 12.0 Å². The first kappa shape index (κ1) is 15.5. The van der Waals surface area contributed by atoms with Gasteiger partial charge in [-0.05, 0) is 24.5 Å². The summed E-state index contributed by atoms with van der Waals surface area (Å²) in [5, 5.41) is 9.46. The Morgan fingerprint density at radius 3 is 2.52 bits per heavy atom. The number of carboxylic acid groups (broad SMARTS) is 1. The van der Waals surface area contributed by atoms with E-state index >= 15 is 0 Å². The molecule has 2 atom stereocenters. The topological polar surface area (TPSA) is 66.8 Å². The minimum absolute atomic E-state index is 0.269. The van der Waals surface area contributed by atoms with Crippen LogP contribution >= 0.6 is 0 Å². The Kier molecular flexibility index (Phi) is 4.32. The Hall–Kier alpha value is -1.88. The fourth-order valence-corrected chi connectivity index (χ4v) is 2.64. The Labute approximate surface area is 124 Å². The Morgan fingerprint density at radius 2 is 2.00 bits per heavy atom. The van der Waals surface area contributed by atoms with Crippen LogP contribution in [-0.2, 0) is 27.3 Å². The molecule has 0 saturated heterocycles. The molecule has 2 rings (SSSR count). The summed E-state index contributed by atoms with van der Waals surface area (Å²) in [4.78, 5) is 25.7. The molecule has 21 heavy (non-hydrogen) atoms. The summed E-state index contributed by atoms with van der Waals surface area (Å²) in [6.07, 6.45) is 0.827. The highest BCUT2D eigenvalue weighted by Crippen LogP contribution is 2.28. The van der Waals surface area contributed by atoms with E-state index in [1.54, 1.807) is 6.92 Å². The predicted octanol–water partition coefficient (Wildman–Crippen LogP) is 1.84. The summed E-state index contributed by atoms with van der Waals surface area (Å²) in [6.45, 7) is 3.87. The first-order valence-corrected chi connectivity index (χ1v) is 7.08. The minimum atomic E-state index is -0.986. The van der Waals surface area contributed by atoms with E-state index in [9.17, 15) is 14.7 Å². The zero-order valence-electron chi connectivity index (χ0n) is 12.6. The lowest BCUT2D eigenvalue weighted by Gasteiger charge is -2.39. The predicted molar refractivity (Wildman–Crippen MR) is 77.8 cm³/mol. The van der Waals surface area contributed by atoms with Gasteiger partial charge in [-0.1, -0.05) is 31.2 Å². The molecule has 0 fully saturated rings. The molecule has 5 nitrogen and oxygen atoms in total. The average Bonchev–Trinajstić information content (AvgIpc) is 2.52. The maximum atomic E-state index is 12.7. The van der Waals surface area contributed by atoms with Crippen LogP contribution in [0.1, 0.15) is 31.4 Å². The summed E-state index contributed by atoms with van der Waals surface area (Å²) in [7, 11) is 1.48. The Morgan fingerprint density at radius 1 is 1.38 bits per heavy atom. The second kappa shape index (κ2) is 5.85. The van der Waals surface area contributed by atoms with Gasteiger partial charge < -0.3 is 14.7 Å². The lowest BCUT2D eigenvalue weighted by atomic mass is 9.91. The summed E-state index contributed by atoms with van der Waals surface area (Å²) in [6, 6.07) is 6.80. The quantitative estimate of drug-likeness (QED) is 0.919. The van der Waals surface area contributed by atoms with Crippen molar-refractivity contribution >= 4 is 11.9 Å². The smallest absolute Gasteiger partial charge is 0.326 e. The zero-order chi connectivity index (χ0) is 15.6. The van der Waals surface area contributed by atoms with Gasteiger partial charge in [-0.25, -0.2) is 4.79 Å².